The van der Waals surface area contributed by atoms with E-state index in [1.165, 1.54) is 23.5 Å². The monoisotopic (exact) mass is 390 g/mol. The highest BCUT2D eigenvalue weighted by atomic mass is 32.2. The van der Waals surface area contributed by atoms with Crippen LogP contribution in [0.15, 0.2) is 59.5 Å². The summed E-state index contributed by atoms with van der Waals surface area (Å²) in [5.41, 5.74) is 1.04. The van der Waals surface area contributed by atoms with Crippen molar-refractivity contribution in [3.8, 4) is 0 Å². The SMILES string of the molecule is CN(c1ccccc1)S(=O)(=O)c1cccc(NC(=O)C[NH+]2CCOCC2)c1. The minimum Gasteiger partial charge on any atom is -0.370 e. The maximum Gasteiger partial charge on any atom is 0.279 e. The molecule has 8 heteroatoms. The van der Waals surface area contributed by atoms with E-state index in [-0.39, 0.29) is 10.8 Å². The number of hydrogen-bond donors (Lipinski definition) is 2. The van der Waals surface area contributed by atoms with Crippen molar-refractivity contribution < 1.29 is 22.8 Å². The van der Waals surface area contributed by atoms with Crippen molar-refractivity contribution in [3.05, 3.63) is 54.6 Å². The van der Waals surface area contributed by atoms with Gasteiger partial charge in [-0.15, -0.1) is 0 Å². The van der Waals surface area contributed by atoms with Crippen molar-refractivity contribution in [2.75, 3.05) is 49.5 Å². The first kappa shape index (κ1) is 19.3. The van der Waals surface area contributed by atoms with E-state index in [1.54, 1.807) is 36.4 Å². The molecule has 0 aliphatic carbocycles. The molecule has 0 atom stereocenters. The lowest BCUT2D eigenvalue weighted by Crippen LogP contribution is -3.15. The number of sulfonamides is 1. The van der Waals surface area contributed by atoms with E-state index in [0.29, 0.717) is 31.1 Å². The van der Waals surface area contributed by atoms with Gasteiger partial charge in [-0.05, 0) is 30.3 Å². The number of nitrogens with one attached hydrogen (secondary N) is 2. The number of benzene rings is 2. The van der Waals surface area contributed by atoms with Crippen LogP contribution in [-0.4, -0.2) is 54.2 Å². The van der Waals surface area contributed by atoms with Crippen LogP contribution in [0.3, 0.4) is 0 Å². The molecule has 144 valence electrons. The third-order valence-corrected chi connectivity index (χ3v) is 6.29. The first-order valence-electron chi connectivity index (χ1n) is 8.82. The van der Waals surface area contributed by atoms with Crippen LogP contribution in [0.2, 0.25) is 0 Å². The van der Waals surface area contributed by atoms with Crippen LogP contribution in [0.1, 0.15) is 0 Å². The number of ether oxygens (including phenoxy) is 1. The maximum absolute atomic E-state index is 12.9. The predicted molar refractivity (Wildman–Crippen MR) is 103 cm³/mol. The molecule has 1 aliphatic heterocycles. The van der Waals surface area contributed by atoms with Gasteiger partial charge in [0.2, 0.25) is 0 Å². The van der Waals surface area contributed by atoms with Gasteiger partial charge in [0.05, 0.1) is 23.8 Å². The lowest BCUT2D eigenvalue weighted by Gasteiger charge is -2.23. The van der Waals surface area contributed by atoms with Crippen LogP contribution in [0.5, 0.6) is 0 Å². The van der Waals surface area contributed by atoms with E-state index in [0.717, 1.165) is 18.0 Å². The summed E-state index contributed by atoms with van der Waals surface area (Å²) in [6.45, 7) is 3.24. The zero-order chi connectivity index (χ0) is 19.3. The van der Waals surface area contributed by atoms with Crippen molar-refractivity contribution in [2.24, 2.45) is 0 Å². The Kier molecular flexibility index (Phi) is 6.10. The number of para-hydroxylation sites is 1. The summed E-state index contributed by atoms with van der Waals surface area (Å²) in [4.78, 5) is 13.6. The molecule has 3 rings (SSSR count). The Balaban J connectivity index is 1.71. The van der Waals surface area contributed by atoms with Crippen LogP contribution in [0, 0.1) is 0 Å². The summed E-state index contributed by atoms with van der Waals surface area (Å²) in [5, 5.41) is 2.80. The summed E-state index contributed by atoms with van der Waals surface area (Å²) in [6.07, 6.45) is 0. The van der Waals surface area contributed by atoms with Gasteiger partial charge < -0.3 is 15.0 Å². The molecule has 2 aromatic rings. The first-order valence-corrected chi connectivity index (χ1v) is 10.3. The zero-order valence-electron chi connectivity index (χ0n) is 15.2. The summed E-state index contributed by atoms with van der Waals surface area (Å²) < 4.78 is 32.3. The molecular weight excluding hydrogens is 366 g/mol. The number of morpholine rings is 1. The third-order valence-electron chi connectivity index (χ3n) is 4.51. The number of quaternary nitrogens is 1. The van der Waals surface area contributed by atoms with Gasteiger partial charge in [-0.1, -0.05) is 24.3 Å². The van der Waals surface area contributed by atoms with Crippen LogP contribution in [-0.2, 0) is 19.6 Å². The number of rotatable bonds is 6. The van der Waals surface area contributed by atoms with Gasteiger partial charge in [-0.3, -0.25) is 9.10 Å². The molecule has 0 bridgehead atoms. The van der Waals surface area contributed by atoms with Crippen molar-refractivity contribution >= 4 is 27.3 Å². The van der Waals surface area contributed by atoms with Gasteiger partial charge in [0.1, 0.15) is 13.1 Å². The fourth-order valence-electron chi connectivity index (χ4n) is 2.94. The molecule has 0 spiro atoms. The van der Waals surface area contributed by atoms with Crippen LogP contribution in [0.4, 0.5) is 11.4 Å². The predicted octanol–water partition coefficient (Wildman–Crippen LogP) is 0.365. The van der Waals surface area contributed by atoms with E-state index >= 15 is 0 Å². The fraction of sp³-hybridized carbons (Fsp3) is 0.316. The molecule has 2 aromatic carbocycles. The first-order chi connectivity index (χ1) is 13.0. The highest BCUT2D eigenvalue weighted by Crippen LogP contribution is 2.23. The quantitative estimate of drug-likeness (QED) is 0.747. The number of anilines is 2. The van der Waals surface area contributed by atoms with Crippen LogP contribution >= 0.6 is 0 Å². The second-order valence-corrected chi connectivity index (χ2v) is 8.39. The average molecular weight is 390 g/mol. The largest absolute Gasteiger partial charge is 0.370 e. The van der Waals surface area contributed by atoms with E-state index in [1.807, 2.05) is 6.07 Å². The lowest BCUT2D eigenvalue weighted by atomic mass is 10.3. The number of hydrogen-bond acceptors (Lipinski definition) is 4. The van der Waals surface area contributed by atoms with Gasteiger partial charge in [-0.2, -0.15) is 0 Å². The van der Waals surface area contributed by atoms with E-state index < -0.39 is 10.0 Å². The summed E-state index contributed by atoms with van der Waals surface area (Å²) >= 11 is 0. The van der Waals surface area contributed by atoms with Gasteiger partial charge in [-0.25, -0.2) is 8.42 Å². The Morgan fingerprint density at radius 1 is 1.11 bits per heavy atom. The van der Waals surface area contributed by atoms with Crippen LogP contribution < -0.4 is 14.5 Å². The molecule has 1 heterocycles. The lowest BCUT2D eigenvalue weighted by molar-refractivity contribution is -0.899. The Morgan fingerprint density at radius 2 is 1.81 bits per heavy atom. The molecule has 0 saturated carbocycles. The molecule has 0 radical (unpaired) electrons. The van der Waals surface area contributed by atoms with E-state index in [9.17, 15) is 13.2 Å². The fourth-order valence-corrected chi connectivity index (χ4v) is 4.18. The highest BCUT2D eigenvalue weighted by molar-refractivity contribution is 7.92. The minimum atomic E-state index is -3.72. The Labute approximate surface area is 159 Å². The Bertz CT molecular complexity index is 881. The van der Waals surface area contributed by atoms with E-state index in [2.05, 4.69) is 5.32 Å². The summed E-state index contributed by atoms with van der Waals surface area (Å²) in [7, 11) is -2.21. The van der Waals surface area contributed by atoms with Gasteiger partial charge in [0, 0.05) is 12.7 Å². The smallest absolute Gasteiger partial charge is 0.279 e. The summed E-state index contributed by atoms with van der Waals surface area (Å²) in [6, 6.07) is 15.2. The maximum atomic E-state index is 12.9. The molecule has 1 fully saturated rings. The van der Waals surface area contributed by atoms with E-state index in [4.69, 9.17) is 4.74 Å². The zero-order valence-corrected chi connectivity index (χ0v) is 16.0. The second kappa shape index (κ2) is 8.51. The number of nitrogens with zero attached hydrogens (tertiary/aromatic N) is 1. The van der Waals surface area contributed by atoms with Crippen LogP contribution in [0.25, 0.3) is 0 Å². The third kappa shape index (κ3) is 4.85. The second-order valence-electron chi connectivity index (χ2n) is 6.42. The molecule has 0 unspecified atom stereocenters. The van der Waals surface area contributed by atoms with Gasteiger partial charge >= 0.3 is 0 Å². The molecule has 27 heavy (non-hydrogen) atoms. The Hall–Kier alpha value is -2.42. The number of carbonyl (C=O) groups excluding carboxylic acids is 1. The van der Waals surface area contributed by atoms with Crippen molar-refractivity contribution in [1.29, 1.82) is 0 Å². The van der Waals surface area contributed by atoms with Crippen molar-refractivity contribution in [1.82, 2.24) is 0 Å². The van der Waals surface area contributed by atoms with Gasteiger partial charge in [0.15, 0.2) is 6.54 Å². The molecule has 2 N–H and O–H groups in total. The molecule has 1 saturated heterocycles. The molecule has 0 aromatic heterocycles. The number of carbonyl (C=O) groups is 1. The molecule has 1 aliphatic rings. The van der Waals surface area contributed by atoms with Crippen molar-refractivity contribution in [3.63, 3.8) is 0 Å². The molecule has 7 nitrogen and oxygen atoms in total. The highest BCUT2D eigenvalue weighted by Gasteiger charge is 2.22. The van der Waals surface area contributed by atoms with Crippen molar-refractivity contribution in [2.45, 2.75) is 4.90 Å². The molecular formula is C19H24N3O4S+. The minimum absolute atomic E-state index is 0.130. The Morgan fingerprint density at radius 3 is 2.52 bits per heavy atom. The summed E-state index contributed by atoms with van der Waals surface area (Å²) in [5.74, 6) is -0.141. The number of amides is 1. The normalized spacial score (nSPS) is 15.3. The standard InChI is InChI=1S/C19H23N3O4S/c1-21(17-7-3-2-4-8-17)27(24,25)18-9-5-6-16(14-18)20-19(23)15-22-10-12-26-13-11-22/h2-9,14H,10-13,15H2,1H3,(H,20,23)/p+1. The molecule has 1 amide bonds. The van der Waals surface area contributed by atoms with Gasteiger partial charge in [0.25, 0.3) is 15.9 Å². The topological polar surface area (TPSA) is 80.2 Å². The average Bonchev–Trinajstić information content (AvgIpc) is 2.69.